The zero-order valence-electron chi connectivity index (χ0n) is 10.5. The highest BCUT2D eigenvalue weighted by Crippen LogP contribution is 2.19. The molecule has 0 aliphatic carbocycles. The maximum Gasteiger partial charge on any atom is 0.122 e. The smallest absolute Gasteiger partial charge is 0.122 e. The molecule has 2 N–H and O–H groups in total. The average Bonchev–Trinajstić information content (AvgIpc) is 2.30. The van der Waals surface area contributed by atoms with Crippen molar-refractivity contribution in [2.45, 2.75) is 46.1 Å². The predicted octanol–water partition coefficient (Wildman–Crippen LogP) is 3.41. The highest BCUT2D eigenvalue weighted by atomic mass is 16.5. The molecular formula is C14H23NO. The number of rotatable bonds is 7. The number of benzene rings is 1. The first-order chi connectivity index (χ1) is 7.77. The molecular weight excluding hydrogens is 198 g/mol. The molecule has 0 unspecified atom stereocenters. The fraction of sp³-hybridized carbons (Fsp3) is 0.571. The van der Waals surface area contributed by atoms with Crippen LogP contribution < -0.4 is 10.5 Å². The highest BCUT2D eigenvalue weighted by molar-refractivity contribution is 5.36. The van der Waals surface area contributed by atoms with E-state index in [-0.39, 0.29) is 0 Å². The van der Waals surface area contributed by atoms with Gasteiger partial charge in [-0.3, -0.25) is 0 Å². The Kier molecular flexibility index (Phi) is 5.94. The summed E-state index contributed by atoms with van der Waals surface area (Å²) >= 11 is 0. The summed E-state index contributed by atoms with van der Waals surface area (Å²) in [5.41, 5.74) is 7.92. The molecule has 0 aliphatic rings. The normalized spacial score (nSPS) is 10.4. The largest absolute Gasteiger partial charge is 0.493 e. The Morgan fingerprint density at radius 1 is 1.19 bits per heavy atom. The van der Waals surface area contributed by atoms with Crippen molar-refractivity contribution in [2.75, 3.05) is 6.61 Å². The monoisotopic (exact) mass is 221 g/mol. The van der Waals surface area contributed by atoms with E-state index < -0.39 is 0 Å². The summed E-state index contributed by atoms with van der Waals surface area (Å²) in [6.45, 7) is 5.71. The summed E-state index contributed by atoms with van der Waals surface area (Å²) in [5.74, 6) is 0.994. The second kappa shape index (κ2) is 7.29. The van der Waals surface area contributed by atoms with Crippen LogP contribution in [0.5, 0.6) is 5.75 Å². The first-order valence-corrected chi connectivity index (χ1v) is 6.20. The fourth-order valence-electron chi connectivity index (χ4n) is 1.71. The van der Waals surface area contributed by atoms with Gasteiger partial charge >= 0.3 is 0 Å². The van der Waals surface area contributed by atoms with Crippen LogP contribution in [0.15, 0.2) is 18.2 Å². The van der Waals surface area contributed by atoms with Crippen LogP contribution >= 0.6 is 0 Å². The van der Waals surface area contributed by atoms with E-state index in [9.17, 15) is 0 Å². The Bertz CT molecular complexity index is 310. The molecule has 1 aromatic rings. The van der Waals surface area contributed by atoms with Crippen LogP contribution in [0.4, 0.5) is 0 Å². The number of aryl methyl sites for hydroxylation is 1. The Hall–Kier alpha value is -1.02. The Morgan fingerprint density at radius 3 is 2.62 bits per heavy atom. The van der Waals surface area contributed by atoms with Gasteiger partial charge in [-0.2, -0.15) is 0 Å². The Labute approximate surface area is 98.8 Å². The molecule has 2 nitrogen and oxygen atoms in total. The minimum atomic E-state index is 0.595. The average molecular weight is 221 g/mol. The third-order valence-corrected chi connectivity index (χ3v) is 2.73. The van der Waals surface area contributed by atoms with Gasteiger partial charge in [0.25, 0.3) is 0 Å². The summed E-state index contributed by atoms with van der Waals surface area (Å²) in [6, 6.07) is 6.16. The van der Waals surface area contributed by atoms with Crippen LogP contribution in [-0.4, -0.2) is 6.61 Å². The maximum atomic E-state index is 5.74. The molecule has 0 atom stereocenters. The van der Waals surface area contributed by atoms with Crippen LogP contribution in [0.25, 0.3) is 0 Å². The molecule has 0 saturated carbocycles. The second-order valence-electron chi connectivity index (χ2n) is 4.21. The van der Waals surface area contributed by atoms with E-state index in [1.54, 1.807) is 0 Å². The molecule has 0 fully saturated rings. The van der Waals surface area contributed by atoms with Crippen molar-refractivity contribution >= 4 is 0 Å². The lowest BCUT2D eigenvalue weighted by molar-refractivity contribution is 0.303. The van der Waals surface area contributed by atoms with Crippen molar-refractivity contribution in [2.24, 2.45) is 5.73 Å². The van der Waals surface area contributed by atoms with Crippen molar-refractivity contribution in [3.63, 3.8) is 0 Å². The van der Waals surface area contributed by atoms with Gasteiger partial charge in [-0.1, -0.05) is 38.3 Å². The SMILES string of the molecule is CCCCCCOc1ccc(CN)cc1C. The number of hydrogen-bond acceptors (Lipinski definition) is 2. The quantitative estimate of drug-likeness (QED) is 0.716. The van der Waals surface area contributed by atoms with Gasteiger partial charge in [0.15, 0.2) is 0 Å². The van der Waals surface area contributed by atoms with Gasteiger partial charge in [0.05, 0.1) is 6.61 Å². The molecule has 0 bridgehead atoms. The summed E-state index contributed by atoms with van der Waals surface area (Å²) in [6.07, 6.45) is 4.97. The van der Waals surface area contributed by atoms with Crippen molar-refractivity contribution in [1.82, 2.24) is 0 Å². The third kappa shape index (κ3) is 4.23. The van der Waals surface area contributed by atoms with Crippen LogP contribution in [0.3, 0.4) is 0 Å². The summed E-state index contributed by atoms with van der Waals surface area (Å²) < 4.78 is 5.74. The molecule has 1 aromatic carbocycles. The van der Waals surface area contributed by atoms with Crippen molar-refractivity contribution in [3.8, 4) is 5.75 Å². The van der Waals surface area contributed by atoms with E-state index in [1.807, 2.05) is 12.1 Å². The number of unbranched alkanes of at least 4 members (excludes halogenated alkanes) is 3. The van der Waals surface area contributed by atoms with Gasteiger partial charge < -0.3 is 10.5 Å². The molecule has 16 heavy (non-hydrogen) atoms. The first kappa shape index (κ1) is 13.0. The summed E-state index contributed by atoms with van der Waals surface area (Å²) in [4.78, 5) is 0. The van der Waals surface area contributed by atoms with E-state index in [1.165, 1.54) is 24.8 Å². The van der Waals surface area contributed by atoms with Crippen LogP contribution in [-0.2, 0) is 6.54 Å². The van der Waals surface area contributed by atoms with E-state index in [0.29, 0.717) is 6.54 Å². The minimum absolute atomic E-state index is 0.595. The minimum Gasteiger partial charge on any atom is -0.493 e. The second-order valence-corrected chi connectivity index (χ2v) is 4.21. The predicted molar refractivity (Wildman–Crippen MR) is 68.7 cm³/mol. The highest BCUT2D eigenvalue weighted by Gasteiger charge is 2.00. The first-order valence-electron chi connectivity index (χ1n) is 6.20. The fourth-order valence-corrected chi connectivity index (χ4v) is 1.71. The van der Waals surface area contributed by atoms with E-state index >= 15 is 0 Å². The zero-order chi connectivity index (χ0) is 11.8. The lowest BCUT2D eigenvalue weighted by atomic mass is 10.1. The zero-order valence-corrected chi connectivity index (χ0v) is 10.5. The van der Waals surface area contributed by atoms with E-state index in [4.69, 9.17) is 10.5 Å². The van der Waals surface area contributed by atoms with E-state index in [2.05, 4.69) is 19.9 Å². The van der Waals surface area contributed by atoms with Gasteiger partial charge in [0.2, 0.25) is 0 Å². The molecule has 0 radical (unpaired) electrons. The van der Waals surface area contributed by atoms with Crippen molar-refractivity contribution in [3.05, 3.63) is 29.3 Å². The van der Waals surface area contributed by atoms with Gasteiger partial charge in [-0.25, -0.2) is 0 Å². The van der Waals surface area contributed by atoms with Gasteiger partial charge in [-0.05, 0) is 30.5 Å². The van der Waals surface area contributed by atoms with Gasteiger partial charge in [-0.15, -0.1) is 0 Å². The lowest BCUT2D eigenvalue weighted by Gasteiger charge is -2.10. The van der Waals surface area contributed by atoms with Crippen LogP contribution in [0.1, 0.15) is 43.7 Å². The number of nitrogens with two attached hydrogens (primary N) is 1. The van der Waals surface area contributed by atoms with E-state index in [0.717, 1.165) is 24.3 Å². The van der Waals surface area contributed by atoms with Crippen molar-refractivity contribution < 1.29 is 4.74 Å². The lowest BCUT2D eigenvalue weighted by Crippen LogP contribution is -2.01. The molecule has 0 aromatic heterocycles. The molecule has 0 saturated heterocycles. The Balaban J connectivity index is 2.36. The van der Waals surface area contributed by atoms with Crippen LogP contribution in [0, 0.1) is 6.92 Å². The topological polar surface area (TPSA) is 35.2 Å². The maximum absolute atomic E-state index is 5.74. The molecule has 1 rings (SSSR count). The molecule has 2 heteroatoms. The molecule has 0 aliphatic heterocycles. The van der Waals surface area contributed by atoms with Gasteiger partial charge in [0, 0.05) is 6.54 Å². The Morgan fingerprint density at radius 2 is 2.00 bits per heavy atom. The molecule has 0 heterocycles. The standard InChI is InChI=1S/C14H23NO/c1-3-4-5-6-9-16-14-8-7-13(11-15)10-12(14)2/h7-8,10H,3-6,9,11,15H2,1-2H3. The summed E-state index contributed by atoms with van der Waals surface area (Å²) in [7, 11) is 0. The number of ether oxygens (including phenoxy) is 1. The van der Waals surface area contributed by atoms with Gasteiger partial charge in [0.1, 0.15) is 5.75 Å². The third-order valence-electron chi connectivity index (χ3n) is 2.73. The number of hydrogen-bond donors (Lipinski definition) is 1. The van der Waals surface area contributed by atoms with Crippen LogP contribution in [0.2, 0.25) is 0 Å². The molecule has 0 spiro atoms. The molecule has 0 amide bonds. The van der Waals surface area contributed by atoms with Crippen molar-refractivity contribution in [1.29, 1.82) is 0 Å². The summed E-state index contributed by atoms with van der Waals surface area (Å²) in [5, 5.41) is 0. The molecule has 90 valence electrons.